The average molecular weight is 435 g/mol. The maximum atomic E-state index is 5.60. The maximum absolute atomic E-state index is 5.60. The molecule has 1 aliphatic rings. The summed E-state index contributed by atoms with van der Waals surface area (Å²) in [4.78, 5) is 22.6. The number of benzene rings is 1. The van der Waals surface area contributed by atoms with Gasteiger partial charge in [-0.1, -0.05) is 18.2 Å². The smallest absolute Gasteiger partial charge is 0.226 e. The zero-order valence-electron chi connectivity index (χ0n) is 18.4. The van der Waals surface area contributed by atoms with Crippen molar-refractivity contribution >= 4 is 11.9 Å². The van der Waals surface area contributed by atoms with E-state index in [0.717, 1.165) is 69.0 Å². The minimum atomic E-state index is 0.460. The van der Waals surface area contributed by atoms with Crippen molar-refractivity contribution in [3.63, 3.8) is 0 Å². The average Bonchev–Trinajstić information content (AvgIpc) is 3.33. The second-order valence-corrected chi connectivity index (χ2v) is 7.51. The Kier molecular flexibility index (Phi) is 7.64. The molecule has 1 saturated heterocycles. The summed E-state index contributed by atoms with van der Waals surface area (Å²) in [5.74, 6) is 2.22. The molecule has 0 atom stereocenters. The highest BCUT2D eigenvalue weighted by atomic mass is 16.3. The van der Waals surface area contributed by atoms with E-state index in [-0.39, 0.29) is 0 Å². The summed E-state index contributed by atoms with van der Waals surface area (Å²) in [6.45, 7) is 8.96. The normalized spacial score (nSPS) is 15.0. The van der Waals surface area contributed by atoms with E-state index in [1.807, 2.05) is 36.4 Å². The fourth-order valence-electron chi connectivity index (χ4n) is 3.55. The largest absolute Gasteiger partial charge is 0.444 e. The molecule has 0 radical (unpaired) electrons. The van der Waals surface area contributed by atoms with Crippen LogP contribution in [0.15, 0.2) is 64.5 Å². The Morgan fingerprint density at radius 2 is 1.81 bits per heavy atom. The zero-order valence-corrected chi connectivity index (χ0v) is 18.4. The van der Waals surface area contributed by atoms with Gasteiger partial charge in [0.15, 0.2) is 5.96 Å². The first-order valence-electron chi connectivity index (χ1n) is 11.1. The van der Waals surface area contributed by atoms with Gasteiger partial charge in [-0.3, -0.25) is 4.90 Å². The third kappa shape index (κ3) is 6.04. The van der Waals surface area contributed by atoms with Gasteiger partial charge in [0.25, 0.3) is 0 Å². The molecule has 0 saturated carbocycles. The second-order valence-electron chi connectivity index (χ2n) is 7.51. The molecular weight excluding hydrogens is 404 g/mol. The molecule has 2 aromatic heterocycles. The van der Waals surface area contributed by atoms with E-state index in [1.54, 1.807) is 18.7 Å². The van der Waals surface area contributed by atoms with Gasteiger partial charge in [-0.15, -0.1) is 0 Å². The van der Waals surface area contributed by atoms with Crippen molar-refractivity contribution in [1.29, 1.82) is 0 Å². The standard InChI is InChI=1S/C23H30N8O/c1-2-24-22(28-17-20-18-32-21(29-20)19-7-4-3-5-8-19)25-11-12-30-13-15-31(16-14-30)23-26-9-6-10-27-23/h3-10,18H,2,11-17H2,1H3,(H2,24,25,28). The van der Waals surface area contributed by atoms with Gasteiger partial charge >= 0.3 is 0 Å². The van der Waals surface area contributed by atoms with Gasteiger partial charge in [-0.05, 0) is 25.1 Å². The Bertz CT molecular complexity index is 968. The number of guanidine groups is 1. The van der Waals surface area contributed by atoms with Gasteiger partial charge < -0.3 is 20.0 Å². The predicted molar refractivity (Wildman–Crippen MR) is 125 cm³/mol. The summed E-state index contributed by atoms with van der Waals surface area (Å²) in [5, 5.41) is 6.72. The van der Waals surface area contributed by atoms with Crippen molar-refractivity contribution in [3.8, 4) is 11.5 Å². The van der Waals surface area contributed by atoms with Crippen molar-refractivity contribution < 1.29 is 4.42 Å². The SMILES string of the molecule is CCNC(=NCc1coc(-c2ccccc2)n1)NCCN1CCN(c2ncccn2)CC1. The molecule has 0 aliphatic carbocycles. The van der Waals surface area contributed by atoms with Gasteiger partial charge in [-0.25, -0.2) is 19.9 Å². The Hall–Kier alpha value is -3.46. The molecule has 1 aromatic carbocycles. The number of rotatable bonds is 8. The van der Waals surface area contributed by atoms with Crippen molar-refractivity contribution in [2.24, 2.45) is 4.99 Å². The maximum Gasteiger partial charge on any atom is 0.226 e. The molecule has 2 N–H and O–H groups in total. The van der Waals surface area contributed by atoms with Gasteiger partial charge in [0, 0.05) is 63.8 Å². The van der Waals surface area contributed by atoms with Crippen LogP contribution in [0.25, 0.3) is 11.5 Å². The first-order chi connectivity index (χ1) is 15.8. The summed E-state index contributed by atoms with van der Waals surface area (Å²) >= 11 is 0. The van der Waals surface area contributed by atoms with E-state index < -0.39 is 0 Å². The lowest BCUT2D eigenvalue weighted by Gasteiger charge is -2.34. The van der Waals surface area contributed by atoms with Crippen LogP contribution in [0.5, 0.6) is 0 Å². The number of nitrogens with zero attached hydrogens (tertiary/aromatic N) is 6. The monoisotopic (exact) mass is 434 g/mol. The summed E-state index contributed by atoms with van der Waals surface area (Å²) < 4.78 is 5.60. The lowest BCUT2D eigenvalue weighted by molar-refractivity contribution is 0.260. The quantitative estimate of drug-likeness (QED) is 0.411. The number of aromatic nitrogens is 3. The van der Waals surface area contributed by atoms with Crippen LogP contribution in [0.1, 0.15) is 12.6 Å². The molecule has 0 spiro atoms. The molecular formula is C23H30N8O. The molecule has 4 rings (SSSR count). The molecule has 1 fully saturated rings. The van der Waals surface area contributed by atoms with E-state index >= 15 is 0 Å². The molecule has 9 heteroatoms. The highest BCUT2D eigenvalue weighted by Gasteiger charge is 2.18. The molecule has 3 aromatic rings. The summed E-state index contributed by atoms with van der Waals surface area (Å²) in [6.07, 6.45) is 5.26. The first-order valence-corrected chi connectivity index (χ1v) is 11.1. The number of oxazole rings is 1. The van der Waals surface area contributed by atoms with Crippen LogP contribution in [0.4, 0.5) is 5.95 Å². The van der Waals surface area contributed by atoms with Crippen LogP contribution in [-0.4, -0.2) is 71.6 Å². The molecule has 0 bridgehead atoms. The number of hydrogen-bond acceptors (Lipinski definition) is 7. The Morgan fingerprint density at radius 1 is 1.03 bits per heavy atom. The van der Waals surface area contributed by atoms with Crippen LogP contribution < -0.4 is 15.5 Å². The number of piperazine rings is 1. The van der Waals surface area contributed by atoms with Gasteiger partial charge in [0.2, 0.25) is 11.8 Å². The van der Waals surface area contributed by atoms with Crippen LogP contribution in [0, 0.1) is 0 Å². The topological polar surface area (TPSA) is 94.7 Å². The van der Waals surface area contributed by atoms with Gasteiger partial charge in [0.05, 0.1) is 6.54 Å². The van der Waals surface area contributed by atoms with E-state index in [1.165, 1.54) is 0 Å². The lowest BCUT2D eigenvalue weighted by Crippen LogP contribution is -2.49. The lowest BCUT2D eigenvalue weighted by atomic mass is 10.2. The van der Waals surface area contributed by atoms with E-state index in [9.17, 15) is 0 Å². The summed E-state index contributed by atoms with van der Waals surface area (Å²) in [5.41, 5.74) is 1.77. The predicted octanol–water partition coefficient (Wildman–Crippen LogP) is 2.01. The first kappa shape index (κ1) is 21.8. The number of nitrogens with one attached hydrogen (secondary N) is 2. The number of hydrogen-bond donors (Lipinski definition) is 2. The van der Waals surface area contributed by atoms with E-state index in [4.69, 9.17) is 4.42 Å². The Morgan fingerprint density at radius 3 is 2.56 bits per heavy atom. The fourth-order valence-corrected chi connectivity index (χ4v) is 3.55. The minimum absolute atomic E-state index is 0.460. The molecule has 32 heavy (non-hydrogen) atoms. The third-order valence-corrected chi connectivity index (χ3v) is 5.24. The van der Waals surface area contributed by atoms with Crippen LogP contribution in [0.2, 0.25) is 0 Å². The highest BCUT2D eigenvalue weighted by Crippen LogP contribution is 2.18. The second kappa shape index (κ2) is 11.2. The molecule has 3 heterocycles. The van der Waals surface area contributed by atoms with Crippen molar-refractivity contribution in [2.75, 3.05) is 50.7 Å². The Labute approximate surface area is 188 Å². The summed E-state index contributed by atoms with van der Waals surface area (Å²) in [6, 6.07) is 11.7. The molecule has 0 amide bonds. The minimum Gasteiger partial charge on any atom is -0.444 e. The fraction of sp³-hybridized carbons (Fsp3) is 0.391. The molecule has 0 unspecified atom stereocenters. The van der Waals surface area contributed by atoms with Gasteiger partial charge in [0.1, 0.15) is 12.0 Å². The number of anilines is 1. The zero-order chi connectivity index (χ0) is 22.0. The highest BCUT2D eigenvalue weighted by molar-refractivity contribution is 5.79. The number of aliphatic imine (C=N–C) groups is 1. The molecule has 168 valence electrons. The van der Waals surface area contributed by atoms with Crippen molar-refractivity contribution in [1.82, 2.24) is 30.5 Å². The summed E-state index contributed by atoms with van der Waals surface area (Å²) in [7, 11) is 0. The van der Waals surface area contributed by atoms with Crippen LogP contribution in [0.3, 0.4) is 0 Å². The third-order valence-electron chi connectivity index (χ3n) is 5.24. The van der Waals surface area contributed by atoms with Gasteiger partial charge in [-0.2, -0.15) is 0 Å². The molecule has 1 aliphatic heterocycles. The van der Waals surface area contributed by atoms with Crippen LogP contribution in [-0.2, 0) is 6.54 Å². The van der Waals surface area contributed by atoms with Crippen molar-refractivity contribution in [3.05, 3.63) is 60.7 Å². The Balaban J connectivity index is 1.23. The van der Waals surface area contributed by atoms with Crippen molar-refractivity contribution in [2.45, 2.75) is 13.5 Å². The van der Waals surface area contributed by atoms with Crippen LogP contribution >= 0.6 is 0 Å². The van der Waals surface area contributed by atoms with E-state index in [2.05, 4.69) is 47.3 Å². The van der Waals surface area contributed by atoms with E-state index in [0.29, 0.717) is 12.4 Å². The molecule has 9 nitrogen and oxygen atoms in total.